The minimum Gasteiger partial charge on any atom is -0.388 e. The van der Waals surface area contributed by atoms with Crippen molar-refractivity contribution in [1.29, 1.82) is 0 Å². The Hall–Kier alpha value is -1.06. The molecule has 0 saturated heterocycles. The van der Waals surface area contributed by atoms with Crippen LogP contribution < -0.4 is 4.90 Å². The van der Waals surface area contributed by atoms with E-state index < -0.39 is 6.10 Å². The summed E-state index contributed by atoms with van der Waals surface area (Å²) in [5, 5.41) is 10.9. The van der Waals surface area contributed by atoms with E-state index in [0.29, 0.717) is 23.9 Å². The SMILES string of the molecule is O=C(N1CCC(O)c2cc(Cl)ccc21)C12CC3CC(CC(C3)C1)C2. The molecule has 1 aliphatic heterocycles. The van der Waals surface area contributed by atoms with Gasteiger partial charge in [-0.2, -0.15) is 0 Å². The van der Waals surface area contributed by atoms with Crippen molar-refractivity contribution in [1.82, 2.24) is 0 Å². The first kappa shape index (κ1) is 15.2. The van der Waals surface area contributed by atoms with Gasteiger partial charge < -0.3 is 10.0 Å². The van der Waals surface area contributed by atoms with E-state index in [1.165, 1.54) is 19.3 Å². The molecular formula is C20H24ClNO2. The fourth-order valence-corrected chi connectivity index (χ4v) is 6.62. The third-order valence-corrected chi connectivity index (χ3v) is 7.24. The first-order valence-corrected chi connectivity index (χ1v) is 9.71. The highest BCUT2D eigenvalue weighted by atomic mass is 35.5. The number of aliphatic hydroxyl groups excluding tert-OH is 1. The van der Waals surface area contributed by atoms with E-state index in [1.807, 2.05) is 23.1 Å². The summed E-state index contributed by atoms with van der Waals surface area (Å²) in [6.45, 7) is 0.621. The van der Waals surface area contributed by atoms with Crippen LogP contribution in [0.3, 0.4) is 0 Å². The number of hydrogen-bond donors (Lipinski definition) is 1. The van der Waals surface area contributed by atoms with Crippen molar-refractivity contribution in [3.05, 3.63) is 28.8 Å². The summed E-state index contributed by atoms with van der Waals surface area (Å²) < 4.78 is 0. The molecule has 24 heavy (non-hydrogen) atoms. The molecule has 4 aliphatic carbocycles. The van der Waals surface area contributed by atoms with Crippen LogP contribution >= 0.6 is 11.6 Å². The van der Waals surface area contributed by atoms with E-state index in [9.17, 15) is 9.90 Å². The first-order valence-electron chi connectivity index (χ1n) is 9.33. The van der Waals surface area contributed by atoms with Crippen molar-refractivity contribution in [2.75, 3.05) is 11.4 Å². The minimum absolute atomic E-state index is 0.131. The van der Waals surface area contributed by atoms with E-state index in [2.05, 4.69) is 0 Å². The standard InChI is InChI=1S/C20H24ClNO2/c21-15-1-2-17-16(8-15)18(23)3-4-22(17)19(24)20-9-12-5-13(10-20)7-14(6-12)11-20/h1-2,8,12-14,18,23H,3-7,9-11H2. The zero-order valence-corrected chi connectivity index (χ0v) is 14.6. The predicted molar refractivity (Wildman–Crippen MR) is 94.0 cm³/mol. The van der Waals surface area contributed by atoms with Crippen molar-refractivity contribution in [2.45, 2.75) is 51.0 Å². The molecule has 4 heteroatoms. The molecular weight excluding hydrogens is 322 g/mol. The van der Waals surface area contributed by atoms with E-state index >= 15 is 0 Å². The summed E-state index contributed by atoms with van der Waals surface area (Å²) in [5.41, 5.74) is 1.55. The summed E-state index contributed by atoms with van der Waals surface area (Å²) in [6.07, 6.45) is 7.37. The molecule has 1 amide bonds. The first-order chi connectivity index (χ1) is 11.5. The molecule has 3 nitrogen and oxygen atoms in total. The van der Waals surface area contributed by atoms with Crippen LogP contribution in [0.2, 0.25) is 5.02 Å². The van der Waals surface area contributed by atoms with Gasteiger partial charge in [-0.05, 0) is 80.9 Å². The van der Waals surface area contributed by atoms with Crippen molar-refractivity contribution >= 4 is 23.2 Å². The van der Waals surface area contributed by atoms with Gasteiger partial charge in [0.25, 0.3) is 0 Å². The van der Waals surface area contributed by atoms with Crippen LogP contribution in [0.25, 0.3) is 0 Å². The van der Waals surface area contributed by atoms with E-state index in [4.69, 9.17) is 11.6 Å². The monoisotopic (exact) mass is 345 g/mol. The third-order valence-electron chi connectivity index (χ3n) is 7.00. The average molecular weight is 346 g/mol. The number of rotatable bonds is 1. The lowest BCUT2D eigenvalue weighted by Crippen LogP contribution is -2.55. The van der Waals surface area contributed by atoms with Crippen LogP contribution in [-0.2, 0) is 4.79 Å². The molecule has 0 aromatic heterocycles. The maximum Gasteiger partial charge on any atom is 0.233 e. The molecule has 4 bridgehead atoms. The Bertz CT molecular complexity index is 666. The molecule has 1 aromatic rings. The Kier molecular flexibility index (Phi) is 3.31. The molecule has 1 N–H and O–H groups in total. The molecule has 128 valence electrons. The Balaban J connectivity index is 1.51. The zero-order chi connectivity index (χ0) is 16.5. The number of benzene rings is 1. The van der Waals surface area contributed by atoms with Crippen LogP contribution in [0.4, 0.5) is 5.69 Å². The van der Waals surface area contributed by atoms with Gasteiger partial charge in [0.1, 0.15) is 0 Å². The van der Waals surface area contributed by atoms with Gasteiger partial charge >= 0.3 is 0 Å². The molecule has 1 aromatic carbocycles. The summed E-state index contributed by atoms with van der Waals surface area (Å²) in [6, 6.07) is 5.57. The van der Waals surface area contributed by atoms with Crippen molar-refractivity contribution in [3.8, 4) is 0 Å². The van der Waals surface area contributed by atoms with Gasteiger partial charge in [-0.15, -0.1) is 0 Å². The highest BCUT2D eigenvalue weighted by molar-refractivity contribution is 6.30. The van der Waals surface area contributed by atoms with Crippen LogP contribution in [-0.4, -0.2) is 17.6 Å². The Morgan fingerprint density at radius 2 is 1.75 bits per heavy atom. The van der Waals surface area contributed by atoms with Gasteiger partial charge in [0.15, 0.2) is 0 Å². The number of halogens is 1. The summed E-state index contributed by atoms with van der Waals surface area (Å²) in [4.78, 5) is 15.6. The van der Waals surface area contributed by atoms with E-state index in [0.717, 1.165) is 48.3 Å². The average Bonchev–Trinajstić information content (AvgIpc) is 2.54. The normalized spacial score (nSPS) is 39.8. The van der Waals surface area contributed by atoms with Crippen LogP contribution in [0.1, 0.15) is 56.6 Å². The number of aliphatic hydroxyl groups is 1. The molecule has 5 aliphatic rings. The molecule has 4 fully saturated rings. The van der Waals surface area contributed by atoms with Gasteiger partial charge in [0, 0.05) is 22.8 Å². The fraction of sp³-hybridized carbons (Fsp3) is 0.650. The number of carbonyl (C=O) groups is 1. The molecule has 0 spiro atoms. The molecule has 6 rings (SSSR count). The smallest absolute Gasteiger partial charge is 0.233 e. The number of hydrogen-bond acceptors (Lipinski definition) is 2. The second-order valence-corrected chi connectivity index (χ2v) is 9.10. The number of nitrogens with zero attached hydrogens (tertiary/aromatic N) is 1. The lowest BCUT2D eigenvalue weighted by atomic mass is 9.49. The van der Waals surface area contributed by atoms with Crippen molar-refractivity contribution in [2.24, 2.45) is 23.2 Å². The van der Waals surface area contributed by atoms with Crippen molar-refractivity contribution in [3.63, 3.8) is 0 Å². The maximum atomic E-state index is 13.6. The van der Waals surface area contributed by atoms with Gasteiger partial charge in [0.05, 0.1) is 11.5 Å². The molecule has 1 atom stereocenters. The third kappa shape index (κ3) is 2.17. The van der Waals surface area contributed by atoms with Crippen LogP contribution in [0, 0.1) is 23.2 Å². The summed E-state index contributed by atoms with van der Waals surface area (Å²) >= 11 is 6.11. The molecule has 1 unspecified atom stereocenters. The molecule has 1 heterocycles. The molecule has 0 radical (unpaired) electrons. The van der Waals surface area contributed by atoms with Crippen LogP contribution in [0.5, 0.6) is 0 Å². The topological polar surface area (TPSA) is 40.5 Å². The Labute approximate surface area is 148 Å². The van der Waals surface area contributed by atoms with Gasteiger partial charge in [0.2, 0.25) is 5.91 Å². The van der Waals surface area contributed by atoms with Crippen molar-refractivity contribution < 1.29 is 9.90 Å². The maximum absolute atomic E-state index is 13.6. The number of carbonyl (C=O) groups excluding carboxylic acids is 1. The quantitative estimate of drug-likeness (QED) is 0.823. The number of anilines is 1. The number of amides is 1. The van der Waals surface area contributed by atoms with Gasteiger partial charge in [-0.3, -0.25) is 4.79 Å². The van der Waals surface area contributed by atoms with Gasteiger partial charge in [-0.1, -0.05) is 11.6 Å². The highest BCUT2D eigenvalue weighted by Gasteiger charge is 2.56. The Morgan fingerprint density at radius 1 is 1.12 bits per heavy atom. The highest BCUT2D eigenvalue weighted by Crippen LogP contribution is 2.61. The number of fused-ring (bicyclic) bond motifs is 1. The largest absolute Gasteiger partial charge is 0.388 e. The fourth-order valence-electron chi connectivity index (χ4n) is 6.44. The Morgan fingerprint density at radius 3 is 2.38 bits per heavy atom. The summed E-state index contributed by atoms with van der Waals surface area (Å²) in [7, 11) is 0. The lowest BCUT2D eigenvalue weighted by molar-refractivity contribution is -0.143. The summed E-state index contributed by atoms with van der Waals surface area (Å²) in [5.74, 6) is 2.61. The van der Waals surface area contributed by atoms with E-state index in [1.54, 1.807) is 0 Å². The second kappa shape index (κ2) is 5.22. The lowest BCUT2D eigenvalue weighted by Gasteiger charge is -2.57. The predicted octanol–water partition coefficient (Wildman–Crippen LogP) is 4.33. The van der Waals surface area contributed by atoms with Gasteiger partial charge in [-0.25, -0.2) is 0 Å². The van der Waals surface area contributed by atoms with E-state index in [-0.39, 0.29) is 5.41 Å². The van der Waals surface area contributed by atoms with Crippen LogP contribution in [0.15, 0.2) is 18.2 Å². The molecule has 4 saturated carbocycles. The minimum atomic E-state index is -0.515. The second-order valence-electron chi connectivity index (χ2n) is 8.66. The zero-order valence-electron chi connectivity index (χ0n) is 13.9.